The van der Waals surface area contributed by atoms with E-state index in [1.54, 1.807) is 19.0 Å². The maximum Gasteiger partial charge on any atom is 0.257 e. The summed E-state index contributed by atoms with van der Waals surface area (Å²) in [7, 11) is 3.51. The van der Waals surface area contributed by atoms with Crippen molar-refractivity contribution in [3.63, 3.8) is 0 Å². The zero-order chi connectivity index (χ0) is 19.7. The first-order valence-corrected chi connectivity index (χ1v) is 9.72. The van der Waals surface area contributed by atoms with E-state index >= 15 is 0 Å². The summed E-state index contributed by atoms with van der Waals surface area (Å²) < 4.78 is 13.1. The van der Waals surface area contributed by atoms with Gasteiger partial charge in [-0.15, -0.1) is 0 Å². The average molecular weight is 384 g/mol. The molecule has 8 heteroatoms. The quantitative estimate of drug-likeness (QED) is 0.851. The Labute approximate surface area is 164 Å². The van der Waals surface area contributed by atoms with Crippen LogP contribution in [-0.2, 0) is 12.8 Å². The largest absolute Gasteiger partial charge is 0.369 e. The van der Waals surface area contributed by atoms with Crippen LogP contribution in [0, 0.1) is 11.7 Å². The molecule has 1 amide bonds. The van der Waals surface area contributed by atoms with Gasteiger partial charge in [0.25, 0.3) is 5.91 Å². The van der Waals surface area contributed by atoms with Crippen molar-refractivity contribution < 1.29 is 9.18 Å². The van der Waals surface area contributed by atoms with Gasteiger partial charge in [0.15, 0.2) is 5.82 Å². The van der Waals surface area contributed by atoms with Crippen LogP contribution in [0.15, 0.2) is 18.5 Å². The van der Waals surface area contributed by atoms with E-state index in [9.17, 15) is 9.18 Å². The molecular weight excluding hydrogens is 359 g/mol. The Morgan fingerprint density at radius 2 is 1.96 bits per heavy atom. The Kier molecular flexibility index (Phi) is 5.11. The lowest BCUT2D eigenvalue weighted by Crippen LogP contribution is -2.27. The fourth-order valence-electron chi connectivity index (χ4n) is 3.40. The van der Waals surface area contributed by atoms with Gasteiger partial charge in [-0.2, -0.15) is 0 Å². The van der Waals surface area contributed by atoms with Crippen molar-refractivity contribution in [2.24, 2.45) is 5.92 Å². The van der Waals surface area contributed by atoms with Crippen LogP contribution in [0.4, 0.5) is 16.2 Å². The summed E-state index contributed by atoms with van der Waals surface area (Å²) in [6.45, 7) is 2.26. The number of carbonyl (C=O) groups is 1. The maximum atomic E-state index is 13.1. The maximum absolute atomic E-state index is 13.1. The van der Waals surface area contributed by atoms with Gasteiger partial charge in [0, 0.05) is 45.8 Å². The molecule has 2 aliphatic rings. The fraction of sp³-hybridized carbons (Fsp3) is 0.500. The molecule has 0 bridgehead atoms. The van der Waals surface area contributed by atoms with Crippen LogP contribution in [0.3, 0.4) is 0 Å². The van der Waals surface area contributed by atoms with Gasteiger partial charge in [0.2, 0.25) is 5.95 Å². The lowest BCUT2D eigenvalue weighted by Gasteiger charge is -2.19. The molecule has 1 fully saturated rings. The van der Waals surface area contributed by atoms with E-state index in [4.69, 9.17) is 4.98 Å². The Balaban J connectivity index is 1.59. The van der Waals surface area contributed by atoms with E-state index in [0.717, 1.165) is 30.6 Å². The number of carbonyl (C=O) groups excluding carboxylic acids is 1. The van der Waals surface area contributed by atoms with E-state index in [0.29, 0.717) is 36.3 Å². The second-order valence-corrected chi connectivity index (χ2v) is 7.70. The van der Waals surface area contributed by atoms with Crippen LogP contribution in [0.5, 0.6) is 0 Å². The summed E-state index contributed by atoms with van der Waals surface area (Å²) in [5.74, 6) is 1.40. The highest BCUT2D eigenvalue weighted by Crippen LogP contribution is 2.30. The van der Waals surface area contributed by atoms with Gasteiger partial charge in [0.05, 0.1) is 18.0 Å². The van der Waals surface area contributed by atoms with E-state index in [1.165, 1.54) is 25.2 Å². The molecule has 1 aliphatic heterocycles. The minimum Gasteiger partial charge on any atom is -0.369 e. The van der Waals surface area contributed by atoms with E-state index in [2.05, 4.69) is 15.3 Å². The molecule has 1 saturated carbocycles. The minimum absolute atomic E-state index is 0.0448. The van der Waals surface area contributed by atoms with Crippen molar-refractivity contribution in [3.8, 4) is 0 Å². The Morgan fingerprint density at radius 3 is 2.64 bits per heavy atom. The smallest absolute Gasteiger partial charge is 0.257 e. The van der Waals surface area contributed by atoms with Crippen molar-refractivity contribution in [1.29, 1.82) is 0 Å². The molecule has 0 aromatic carbocycles. The van der Waals surface area contributed by atoms with Crippen LogP contribution in [0.25, 0.3) is 0 Å². The molecule has 7 nitrogen and oxygen atoms in total. The molecule has 1 N–H and O–H groups in total. The van der Waals surface area contributed by atoms with Crippen molar-refractivity contribution in [2.45, 2.75) is 25.7 Å². The number of aromatic nitrogens is 3. The summed E-state index contributed by atoms with van der Waals surface area (Å²) in [5.41, 5.74) is 2.70. The standard InChI is InChI=1S/C20H25FN6O/c1-26(2)19(28)16-9-14-5-7-27(20-23-11-15(21)12-24-20)8-6-17(14)25-18(16)22-10-13-3-4-13/h9,11-13H,3-8,10H2,1-2H3,(H,22,25). The molecule has 148 valence electrons. The van der Waals surface area contributed by atoms with E-state index < -0.39 is 5.82 Å². The minimum atomic E-state index is -0.443. The molecule has 4 rings (SSSR count). The molecule has 2 aromatic rings. The summed E-state index contributed by atoms with van der Waals surface area (Å²) in [4.78, 5) is 29.3. The number of nitrogens with one attached hydrogen (secondary N) is 1. The molecular formula is C20H25FN6O. The molecule has 0 unspecified atom stereocenters. The van der Waals surface area contributed by atoms with Crippen LogP contribution < -0.4 is 10.2 Å². The van der Waals surface area contributed by atoms with Gasteiger partial charge in [-0.25, -0.2) is 19.3 Å². The number of anilines is 2. The van der Waals surface area contributed by atoms with Crippen molar-refractivity contribution in [1.82, 2.24) is 19.9 Å². The lowest BCUT2D eigenvalue weighted by atomic mass is 10.0. The number of amides is 1. The van der Waals surface area contributed by atoms with Gasteiger partial charge in [-0.05, 0) is 36.8 Å². The van der Waals surface area contributed by atoms with Gasteiger partial charge < -0.3 is 15.1 Å². The lowest BCUT2D eigenvalue weighted by molar-refractivity contribution is 0.0828. The topological polar surface area (TPSA) is 74.2 Å². The number of hydrogen-bond donors (Lipinski definition) is 1. The molecule has 0 spiro atoms. The molecule has 0 saturated heterocycles. The number of rotatable bonds is 5. The summed E-state index contributed by atoms with van der Waals surface area (Å²) in [5, 5.41) is 3.39. The second-order valence-electron chi connectivity index (χ2n) is 7.70. The molecule has 28 heavy (non-hydrogen) atoms. The predicted molar refractivity (Wildman–Crippen MR) is 105 cm³/mol. The number of hydrogen-bond acceptors (Lipinski definition) is 6. The molecule has 2 aromatic heterocycles. The zero-order valence-corrected chi connectivity index (χ0v) is 16.3. The van der Waals surface area contributed by atoms with Crippen molar-refractivity contribution >= 4 is 17.7 Å². The van der Waals surface area contributed by atoms with Gasteiger partial charge in [0.1, 0.15) is 5.82 Å². The Bertz CT molecular complexity index is 866. The summed E-state index contributed by atoms with van der Waals surface area (Å²) in [6.07, 6.45) is 6.31. The molecule has 0 radical (unpaired) electrons. The molecule has 0 atom stereocenters. The Morgan fingerprint density at radius 1 is 1.25 bits per heavy atom. The van der Waals surface area contributed by atoms with Crippen molar-refractivity contribution in [2.75, 3.05) is 43.9 Å². The zero-order valence-electron chi connectivity index (χ0n) is 16.3. The normalized spacial score (nSPS) is 16.3. The second kappa shape index (κ2) is 7.69. The first-order valence-electron chi connectivity index (χ1n) is 9.72. The Hall–Kier alpha value is -2.77. The third-order valence-electron chi connectivity index (χ3n) is 5.24. The van der Waals surface area contributed by atoms with E-state index in [1.807, 2.05) is 11.0 Å². The third kappa shape index (κ3) is 4.05. The highest BCUT2D eigenvalue weighted by atomic mass is 19.1. The van der Waals surface area contributed by atoms with Gasteiger partial charge in [-0.3, -0.25) is 4.79 Å². The number of nitrogens with zero attached hydrogens (tertiary/aromatic N) is 5. The van der Waals surface area contributed by atoms with Gasteiger partial charge >= 0.3 is 0 Å². The highest BCUT2D eigenvalue weighted by molar-refractivity contribution is 5.98. The number of fused-ring (bicyclic) bond motifs is 1. The van der Waals surface area contributed by atoms with Crippen LogP contribution >= 0.6 is 0 Å². The van der Waals surface area contributed by atoms with Crippen molar-refractivity contribution in [3.05, 3.63) is 41.1 Å². The first kappa shape index (κ1) is 18.6. The first-order chi connectivity index (χ1) is 13.5. The summed E-state index contributed by atoms with van der Waals surface area (Å²) >= 11 is 0. The monoisotopic (exact) mass is 384 g/mol. The van der Waals surface area contributed by atoms with Crippen LogP contribution in [0.1, 0.15) is 34.5 Å². The van der Waals surface area contributed by atoms with Crippen LogP contribution in [-0.4, -0.2) is 59.5 Å². The highest BCUT2D eigenvalue weighted by Gasteiger charge is 2.25. The predicted octanol–water partition coefficient (Wildman–Crippen LogP) is 2.14. The van der Waals surface area contributed by atoms with E-state index in [-0.39, 0.29) is 5.91 Å². The molecule has 1 aliphatic carbocycles. The van der Waals surface area contributed by atoms with Crippen LogP contribution in [0.2, 0.25) is 0 Å². The number of halogens is 1. The number of pyridine rings is 1. The molecule has 3 heterocycles. The summed E-state index contributed by atoms with van der Waals surface area (Å²) in [6, 6.07) is 1.98. The van der Waals surface area contributed by atoms with Gasteiger partial charge in [-0.1, -0.05) is 0 Å². The average Bonchev–Trinajstić information content (AvgIpc) is 3.52. The SMILES string of the molecule is CN(C)C(=O)c1cc2c(nc1NCC1CC1)CCN(c1ncc(F)cn1)CC2. The third-order valence-corrected chi connectivity index (χ3v) is 5.24. The fourth-order valence-corrected chi connectivity index (χ4v) is 3.40.